The van der Waals surface area contributed by atoms with Crippen LogP contribution in [0.4, 0.5) is 0 Å². The summed E-state index contributed by atoms with van der Waals surface area (Å²) in [6.45, 7) is 4.02. The maximum absolute atomic E-state index is 11.2. The van der Waals surface area contributed by atoms with Crippen LogP contribution in [0.15, 0.2) is 5.16 Å². The summed E-state index contributed by atoms with van der Waals surface area (Å²) in [6, 6.07) is 0. The van der Waals surface area contributed by atoms with E-state index in [-0.39, 0.29) is 11.2 Å². The van der Waals surface area contributed by atoms with E-state index < -0.39 is 5.97 Å². The van der Waals surface area contributed by atoms with Crippen molar-refractivity contribution in [2.75, 3.05) is 0 Å². The molecule has 0 bridgehead atoms. The first-order valence-corrected chi connectivity index (χ1v) is 6.72. The Morgan fingerprint density at radius 3 is 2.88 bits per heavy atom. The molecule has 5 nitrogen and oxygen atoms in total. The van der Waals surface area contributed by atoms with E-state index in [1.54, 1.807) is 0 Å². The van der Waals surface area contributed by atoms with Gasteiger partial charge < -0.3 is 5.11 Å². The highest BCUT2D eigenvalue weighted by molar-refractivity contribution is 7.99. The van der Waals surface area contributed by atoms with Crippen LogP contribution < -0.4 is 0 Å². The van der Waals surface area contributed by atoms with Gasteiger partial charge in [0, 0.05) is 5.25 Å². The second-order valence-electron chi connectivity index (χ2n) is 4.72. The Balaban J connectivity index is 2.07. The fraction of sp³-hybridized carbons (Fsp3) is 0.727. The summed E-state index contributed by atoms with van der Waals surface area (Å²) in [5.74, 6) is 0.392. The summed E-state index contributed by atoms with van der Waals surface area (Å²) in [7, 11) is 0. The number of hydrogen-bond donors (Lipinski definition) is 2. The van der Waals surface area contributed by atoms with Crippen LogP contribution in [-0.4, -0.2) is 31.5 Å². The van der Waals surface area contributed by atoms with Gasteiger partial charge in [-0.2, -0.15) is 0 Å². The van der Waals surface area contributed by atoms with Gasteiger partial charge in [0.05, 0.1) is 5.92 Å². The molecule has 0 amide bonds. The Morgan fingerprint density at radius 2 is 2.29 bits per heavy atom. The summed E-state index contributed by atoms with van der Waals surface area (Å²) in [5.41, 5.74) is 0. The molecule has 1 saturated carbocycles. The molecule has 0 aliphatic heterocycles. The fourth-order valence-corrected chi connectivity index (χ4v) is 3.65. The standard InChI is InChI=1S/C11H17N3O2S/c1-6-3-4-8(10(15)16)9(5-6)17-11-12-7(2)13-14-11/h6,8-9H,3-5H2,1-2H3,(H,15,16)(H,12,13,14). The van der Waals surface area contributed by atoms with E-state index >= 15 is 0 Å². The Morgan fingerprint density at radius 1 is 1.53 bits per heavy atom. The van der Waals surface area contributed by atoms with Gasteiger partial charge in [0.2, 0.25) is 5.16 Å². The normalized spacial score (nSPS) is 29.2. The molecule has 1 heterocycles. The molecular formula is C11H17N3O2S. The third-order valence-electron chi connectivity index (χ3n) is 3.20. The minimum Gasteiger partial charge on any atom is -0.481 e. The number of nitrogens with zero attached hydrogens (tertiary/aromatic N) is 2. The average Bonchev–Trinajstić information content (AvgIpc) is 2.63. The first-order chi connectivity index (χ1) is 8.06. The molecule has 0 aromatic carbocycles. The number of aromatic nitrogens is 3. The van der Waals surface area contributed by atoms with Gasteiger partial charge in [0.15, 0.2) is 0 Å². The van der Waals surface area contributed by atoms with Crippen molar-refractivity contribution in [2.24, 2.45) is 11.8 Å². The van der Waals surface area contributed by atoms with E-state index in [0.29, 0.717) is 11.1 Å². The van der Waals surface area contributed by atoms with Crippen LogP contribution in [0.3, 0.4) is 0 Å². The smallest absolute Gasteiger partial charge is 0.307 e. The molecule has 94 valence electrons. The van der Waals surface area contributed by atoms with Crippen molar-refractivity contribution in [1.29, 1.82) is 0 Å². The molecule has 1 fully saturated rings. The highest BCUT2D eigenvalue weighted by atomic mass is 32.2. The van der Waals surface area contributed by atoms with Crippen LogP contribution in [0.1, 0.15) is 32.0 Å². The van der Waals surface area contributed by atoms with Crippen molar-refractivity contribution in [3.8, 4) is 0 Å². The van der Waals surface area contributed by atoms with Crippen molar-refractivity contribution in [1.82, 2.24) is 15.2 Å². The molecule has 2 N–H and O–H groups in total. The van der Waals surface area contributed by atoms with Gasteiger partial charge >= 0.3 is 5.97 Å². The number of aliphatic carboxylic acids is 1. The van der Waals surface area contributed by atoms with Crippen LogP contribution in [0.2, 0.25) is 0 Å². The third-order valence-corrected chi connectivity index (χ3v) is 4.42. The van der Waals surface area contributed by atoms with Gasteiger partial charge in [-0.1, -0.05) is 18.7 Å². The Labute approximate surface area is 104 Å². The molecule has 1 aliphatic rings. The summed E-state index contributed by atoms with van der Waals surface area (Å²) >= 11 is 1.49. The van der Waals surface area contributed by atoms with E-state index in [0.717, 1.165) is 25.1 Å². The first-order valence-electron chi connectivity index (χ1n) is 5.84. The largest absolute Gasteiger partial charge is 0.481 e. The number of aromatic amines is 1. The second-order valence-corrected chi connectivity index (χ2v) is 5.93. The first kappa shape index (κ1) is 12.4. The summed E-state index contributed by atoms with van der Waals surface area (Å²) < 4.78 is 0. The lowest BCUT2D eigenvalue weighted by Gasteiger charge is -2.30. The summed E-state index contributed by atoms with van der Waals surface area (Å²) in [5, 5.41) is 16.8. The minimum absolute atomic E-state index is 0.0893. The molecule has 0 saturated heterocycles. The molecule has 3 unspecified atom stereocenters. The monoisotopic (exact) mass is 255 g/mol. The number of carboxylic acid groups (broad SMARTS) is 1. The van der Waals surface area contributed by atoms with Gasteiger partial charge in [0.1, 0.15) is 5.82 Å². The molecular weight excluding hydrogens is 238 g/mol. The van der Waals surface area contributed by atoms with E-state index in [4.69, 9.17) is 0 Å². The number of H-pyrrole nitrogens is 1. The van der Waals surface area contributed by atoms with Crippen molar-refractivity contribution in [3.63, 3.8) is 0 Å². The summed E-state index contributed by atoms with van der Waals surface area (Å²) in [6.07, 6.45) is 2.69. The van der Waals surface area contributed by atoms with E-state index in [1.807, 2.05) is 6.92 Å². The maximum atomic E-state index is 11.2. The Bertz CT molecular complexity index is 407. The lowest BCUT2D eigenvalue weighted by atomic mass is 9.82. The number of thioether (sulfide) groups is 1. The highest BCUT2D eigenvalue weighted by Gasteiger charge is 2.34. The van der Waals surface area contributed by atoms with Gasteiger partial charge in [0.25, 0.3) is 0 Å². The Kier molecular flexibility index (Phi) is 3.71. The zero-order valence-electron chi connectivity index (χ0n) is 10.0. The molecule has 1 aliphatic carbocycles. The van der Waals surface area contributed by atoms with Gasteiger partial charge in [-0.25, -0.2) is 4.98 Å². The fourth-order valence-electron chi connectivity index (χ4n) is 2.25. The predicted molar refractivity (Wildman–Crippen MR) is 64.9 cm³/mol. The van der Waals surface area contributed by atoms with Crippen LogP contribution >= 0.6 is 11.8 Å². The molecule has 2 rings (SSSR count). The zero-order chi connectivity index (χ0) is 12.4. The second kappa shape index (κ2) is 5.08. The van der Waals surface area contributed by atoms with Crippen LogP contribution in [0.25, 0.3) is 0 Å². The van der Waals surface area contributed by atoms with Gasteiger partial charge in [-0.15, -0.1) is 5.10 Å². The third kappa shape index (κ3) is 3.00. The zero-order valence-corrected chi connectivity index (χ0v) is 10.8. The number of hydrogen-bond acceptors (Lipinski definition) is 4. The average molecular weight is 255 g/mol. The molecule has 1 aromatic heterocycles. The van der Waals surface area contributed by atoms with E-state index in [1.165, 1.54) is 11.8 Å². The molecule has 6 heteroatoms. The minimum atomic E-state index is -0.693. The quantitative estimate of drug-likeness (QED) is 0.864. The maximum Gasteiger partial charge on any atom is 0.307 e. The predicted octanol–water partition coefficient (Wildman–Crippen LogP) is 2.09. The number of carbonyl (C=O) groups is 1. The van der Waals surface area contributed by atoms with Crippen molar-refractivity contribution >= 4 is 17.7 Å². The highest BCUT2D eigenvalue weighted by Crippen LogP contribution is 2.38. The SMILES string of the molecule is Cc1nc(SC2CC(C)CCC2C(=O)O)n[nH]1. The Hall–Kier alpha value is -1.04. The van der Waals surface area contributed by atoms with E-state index in [2.05, 4.69) is 22.1 Å². The van der Waals surface area contributed by atoms with Crippen molar-refractivity contribution < 1.29 is 9.90 Å². The topological polar surface area (TPSA) is 78.9 Å². The molecule has 17 heavy (non-hydrogen) atoms. The van der Waals surface area contributed by atoms with Crippen LogP contribution in [0, 0.1) is 18.8 Å². The van der Waals surface area contributed by atoms with Gasteiger partial charge in [-0.3, -0.25) is 9.89 Å². The van der Waals surface area contributed by atoms with E-state index in [9.17, 15) is 9.90 Å². The number of rotatable bonds is 3. The molecule has 3 atom stereocenters. The van der Waals surface area contributed by atoms with Crippen molar-refractivity contribution in [2.45, 2.75) is 43.5 Å². The molecule has 0 radical (unpaired) electrons. The molecule has 0 spiro atoms. The van der Waals surface area contributed by atoms with Crippen molar-refractivity contribution in [3.05, 3.63) is 5.82 Å². The van der Waals surface area contributed by atoms with Crippen LogP contribution in [0.5, 0.6) is 0 Å². The van der Waals surface area contributed by atoms with Crippen LogP contribution in [-0.2, 0) is 4.79 Å². The number of aryl methyl sites for hydroxylation is 1. The lowest BCUT2D eigenvalue weighted by Crippen LogP contribution is -2.32. The molecule has 1 aromatic rings. The number of nitrogens with one attached hydrogen (secondary N) is 1. The summed E-state index contributed by atoms with van der Waals surface area (Å²) in [4.78, 5) is 15.4. The lowest BCUT2D eigenvalue weighted by molar-refractivity contribution is -0.142. The van der Waals surface area contributed by atoms with Gasteiger partial charge in [-0.05, 0) is 32.1 Å². The number of carboxylic acids is 1.